The topological polar surface area (TPSA) is 50.8 Å². The lowest BCUT2D eigenvalue weighted by molar-refractivity contribution is -0.131. The van der Waals surface area contributed by atoms with Crippen LogP contribution in [0.5, 0.6) is 0 Å². The Morgan fingerprint density at radius 3 is 3.00 bits per heavy atom. The molecule has 0 bridgehead atoms. The highest BCUT2D eigenvalue weighted by Gasteiger charge is 2.18. The van der Waals surface area contributed by atoms with E-state index in [4.69, 9.17) is 9.47 Å². The minimum absolute atomic E-state index is 0.120. The molecule has 0 fully saturated rings. The highest BCUT2D eigenvalue weighted by Crippen LogP contribution is 2.07. The molecule has 0 saturated carbocycles. The first-order valence-corrected chi connectivity index (χ1v) is 5.10. The molecule has 1 aliphatic heterocycles. The number of hydrogen-bond donors (Lipinski definition) is 1. The van der Waals surface area contributed by atoms with E-state index in [1.807, 2.05) is 7.05 Å². The van der Waals surface area contributed by atoms with Crippen LogP contribution in [0, 0.1) is 0 Å². The molecule has 1 N–H and O–H groups in total. The molecule has 1 amide bonds. The van der Waals surface area contributed by atoms with E-state index in [9.17, 15) is 4.79 Å². The van der Waals surface area contributed by atoms with Gasteiger partial charge in [-0.2, -0.15) is 0 Å². The van der Waals surface area contributed by atoms with Crippen LogP contribution < -0.4 is 5.32 Å². The van der Waals surface area contributed by atoms with Gasteiger partial charge in [0.25, 0.3) is 5.91 Å². The van der Waals surface area contributed by atoms with Gasteiger partial charge in [-0.3, -0.25) is 4.79 Å². The molecular formula is C10H18N2O3. The highest BCUT2D eigenvalue weighted by molar-refractivity contribution is 5.91. The lowest BCUT2D eigenvalue weighted by atomic mass is 10.3. The molecule has 0 atom stereocenters. The molecule has 0 radical (unpaired) electrons. The largest absolute Gasteiger partial charge is 0.494 e. The van der Waals surface area contributed by atoms with Crippen molar-refractivity contribution in [3.05, 3.63) is 12.0 Å². The van der Waals surface area contributed by atoms with Crippen LogP contribution in [0.25, 0.3) is 0 Å². The Hall–Kier alpha value is -1.23. The Labute approximate surface area is 90.0 Å². The van der Waals surface area contributed by atoms with Gasteiger partial charge < -0.3 is 19.7 Å². The average Bonchev–Trinajstić information content (AvgIpc) is 2.29. The second-order valence-corrected chi connectivity index (χ2v) is 3.39. The zero-order valence-electron chi connectivity index (χ0n) is 9.28. The van der Waals surface area contributed by atoms with Gasteiger partial charge in [-0.1, -0.05) is 0 Å². The zero-order valence-corrected chi connectivity index (χ0v) is 9.28. The van der Waals surface area contributed by atoms with Gasteiger partial charge in [0.2, 0.25) is 5.76 Å². The summed E-state index contributed by atoms with van der Waals surface area (Å²) >= 11 is 0. The van der Waals surface area contributed by atoms with Crippen LogP contribution >= 0.6 is 0 Å². The van der Waals surface area contributed by atoms with Crippen molar-refractivity contribution in [3.8, 4) is 0 Å². The number of amides is 1. The van der Waals surface area contributed by atoms with Crippen molar-refractivity contribution in [1.29, 1.82) is 0 Å². The van der Waals surface area contributed by atoms with Crippen LogP contribution in [0.15, 0.2) is 12.0 Å². The van der Waals surface area contributed by atoms with Gasteiger partial charge in [-0.25, -0.2) is 0 Å². The Morgan fingerprint density at radius 1 is 1.60 bits per heavy atom. The fraction of sp³-hybridized carbons (Fsp3) is 0.700. The quantitative estimate of drug-likeness (QED) is 0.652. The summed E-state index contributed by atoms with van der Waals surface area (Å²) in [5, 5.41) is 3.03. The van der Waals surface area contributed by atoms with E-state index in [-0.39, 0.29) is 5.91 Å². The van der Waals surface area contributed by atoms with Gasteiger partial charge in [0.1, 0.15) is 19.5 Å². The molecule has 0 aliphatic carbocycles. The fourth-order valence-corrected chi connectivity index (χ4v) is 1.26. The average molecular weight is 214 g/mol. The maximum atomic E-state index is 11.7. The molecule has 0 spiro atoms. The monoisotopic (exact) mass is 214 g/mol. The summed E-state index contributed by atoms with van der Waals surface area (Å²) in [5.41, 5.74) is 0. The van der Waals surface area contributed by atoms with Crippen molar-refractivity contribution < 1.29 is 14.3 Å². The summed E-state index contributed by atoms with van der Waals surface area (Å²) in [6, 6.07) is 0. The van der Waals surface area contributed by atoms with Crippen LogP contribution in [-0.4, -0.2) is 51.2 Å². The third-order valence-corrected chi connectivity index (χ3v) is 2.13. The van der Waals surface area contributed by atoms with E-state index >= 15 is 0 Å². The first kappa shape index (κ1) is 11.8. The lowest BCUT2D eigenvalue weighted by Crippen LogP contribution is -2.32. The molecule has 86 valence electrons. The van der Waals surface area contributed by atoms with Crippen molar-refractivity contribution in [2.24, 2.45) is 0 Å². The summed E-state index contributed by atoms with van der Waals surface area (Å²) in [5.74, 6) is 0.180. The maximum absolute atomic E-state index is 11.7. The maximum Gasteiger partial charge on any atom is 0.291 e. The molecular weight excluding hydrogens is 196 g/mol. The van der Waals surface area contributed by atoms with Crippen molar-refractivity contribution in [2.75, 3.05) is 40.4 Å². The number of nitrogens with one attached hydrogen (secondary N) is 1. The normalized spacial score (nSPS) is 14.9. The molecule has 0 aromatic rings. The van der Waals surface area contributed by atoms with E-state index < -0.39 is 0 Å². The predicted molar refractivity (Wildman–Crippen MR) is 56.2 cm³/mol. The summed E-state index contributed by atoms with van der Waals surface area (Å²) in [6.45, 7) is 2.57. The van der Waals surface area contributed by atoms with Crippen molar-refractivity contribution in [1.82, 2.24) is 10.2 Å². The third-order valence-electron chi connectivity index (χ3n) is 2.13. The van der Waals surface area contributed by atoms with Crippen molar-refractivity contribution in [3.63, 3.8) is 0 Å². The number of ether oxygens (including phenoxy) is 2. The van der Waals surface area contributed by atoms with Crippen LogP contribution in [0.2, 0.25) is 0 Å². The molecule has 5 heteroatoms. The minimum atomic E-state index is -0.120. The van der Waals surface area contributed by atoms with E-state index in [2.05, 4.69) is 5.32 Å². The van der Waals surface area contributed by atoms with Crippen LogP contribution in [0.1, 0.15) is 6.42 Å². The second kappa shape index (κ2) is 6.29. The van der Waals surface area contributed by atoms with Crippen molar-refractivity contribution in [2.45, 2.75) is 6.42 Å². The first-order chi connectivity index (χ1) is 7.25. The smallest absolute Gasteiger partial charge is 0.291 e. The summed E-state index contributed by atoms with van der Waals surface area (Å²) in [7, 11) is 3.65. The molecule has 0 saturated heterocycles. The highest BCUT2D eigenvalue weighted by atomic mass is 16.6. The summed E-state index contributed by atoms with van der Waals surface area (Å²) in [4.78, 5) is 13.4. The third kappa shape index (κ3) is 3.79. The van der Waals surface area contributed by atoms with Crippen LogP contribution in [-0.2, 0) is 14.3 Å². The van der Waals surface area contributed by atoms with Crippen LogP contribution in [0.3, 0.4) is 0 Å². The van der Waals surface area contributed by atoms with E-state index in [0.717, 1.165) is 13.0 Å². The second-order valence-electron chi connectivity index (χ2n) is 3.39. The van der Waals surface area contributed by atoms with Gasteiger partial charge in [-0.15, -0.1) is 0 Å². The standard InChI is InChI=1S/C10H18N2O3/c1-11-4-3-5-12(2)10(13)9-8-14-6-7-15-9/h8,11H,3-7H2,1-2H3. The number of carbonyl (C=O) groups excluding carboxylic acids is 1. The molecule has 0 aromatic heterocycles. The molecule has 0 unspecified atom stereocenters. The van der Waals surface area contributed by atoms with E-state index in [0.29, 0.717) is 25.5 Å². The molecule has 5 nitrogen and oxygen atoms in total. The minimum Gasteiger partial charge on any atom is -0.494 e. The number of hydrogen-bond acceptors (Lipinski definition) is 4. The molecule has 1 aliphatic rings. The Bertz CT molecular complexity index is 241. The number of rotatable bonds is 5. The Balaban J connectivity index is 2.34. The van der Waals surface area contributed by atoms with Gasteiger partial charge in [0.15, 0.2) is 0 Å². The Morgan fingerprint density at radius 2 is 2.40 bits per heavy atom. The SMILES string of the molecule is CNCCCN(C)C(=O)C1=COCCO1. The summed E-state index contributed by atoms with van der Waals surface area (Å²) in [6.07, 6.45) is 2.31. The van der Waals surface area contributed by atoms with Gasteiger partial charge in [0.05, 0.1) is 0 Å². The summed E-state index contributed by atoms with van der Waals surface area (Å²) < 4.78 is 10.2. The van der Waals surface area contributed by atoms with E-state index in [1.165, 1.54) is 6.26 Å². The molecule has 15 heavy (non-hydrogen) atoms. The predicted octanol–water partition coefficient (Wildman–Crippen LogP) is -0.0575. The first-order valence-electron chi connectivity index (χ1n) is 5.10. The Kier molecular flexibility index (Phi) is 4.97. The van der Waals surface area contributed by atoms with E-state index in [1.54, 1.807) is 11.9 Å². The van der Waals surface area contributed by atoms with Gasteiger partial charge in [-0.05, 0) is 20.0 Å². The molecule has 1 heterocycles. The van der Waals surface area contributed by atoms with Gasteiger partial charge in [0, 0.05) is 13.6 Å². The van der Waals surface area contributed by atoms with Gasteiger partial charge >= 0.3 is 0 Å². The van der Waals surface area contributed by atoms with Crippen molar-refractivity contribution >= 4 is 5.91 Å². The molecule has 0 aromatic carbocycles. The fourth-order valence-electron chi connectivity index (χ4n) is 1.26. The number of likely N-dealkylation sites (N-methyl/N-ethyl adjacent to an activating group) is 1. The molecule has 1 rings (SSSR count). The number of carbonyl (C=O) groups is 1. The lowest BCUT2D eigenvalue weighted by Gasteiger charge is -2.21. The van der Waals surface area contributed by atoms with Crippen LogP contribution in [0.4, 0.5) is 0 Å². The zero-order chi connectivity index (χ0) is 11.1. The number of nitrogens with zero attached hydrogens (tertiary/aromatic N) is 1.